The van der Waals surface area contributed by atoms with Crippen LogP contribution in [0.25, 0.3) is 0 Å². The maximum absolute atomic E-state index is 4.05. The minimum atomic E-state index is 0.367. The van der Waals surface area contributed by atoms with Gasteiger partial charge in [-0.15, -0.1) is 5.10 Å². The largest absolute Gasteiger partial charge is 0.308 e. The highest BCUT2D eigenvalue weighted by Crippen LogP contribution is 2.13. The van der Waals surface area contributed by atoms with Gasteiger partial charge in [-0.05, 0) is 35.8 Å². The number of nitrogens with zero attached hydrogens (tertiary/aromatic N) is 4. The lowest BCUT2D eigenvalue weighted by molar-refractivity contribution is 0.437. The average molecular weight is 243 g/mol. The molecule has 1 heterocycles. The molecule has 0 spiro atoms. The van der Waals surface area contributed by atoms with Crippen molar-refractivity contribution in [2.24, 2.45) is 0 Å². The Kier molecular flexibility index (Phi) is 5.76. The van der Waals surface area contributed by atoms with Gasteiger partial charge in [0.05, 0.1) is 12.6 Å². The molecule has 1 rings (SSSR count). The third-order valence-corrected chi connectivity index (χ3v) is 3.03. The van der Waals surface area contributed by atoms with E-state index in [2.05, 4.69) is 47.9 Å². The summed E-state index contributed by atoms with van der Waals surface area (Å²) in [4.78, 5) is 0. The standard InChI is InChI=1S/C10H21N5S/c1-8(2)11-7-10-12-13-14-15(10)9(3)5-6-16-4/h8-9,11H,5-7H2,1-4H3. The predicted molar refractivity (Wildman–Crippen MR) is 67.5 cm³/mol. The van der Waals surface area contributed by atoms with Crippen LogP contribution < -0.4 is 5.32 Å². The molecule has 0 bridgehead atoms. The molecule has 92 valence electrons. The summed E-state index contributed by atoms with van der Waals surface area (Å²) in [7, 11) is 0. The fourth-order valence-electron chi connectivity index (χ4n) is 1.38. The first-order chi connectivity index (χ1) is 7.65. The number of hydrogen-bond acceptors (Lipinski definition) is 5. The Morgan fingerprint density at radius 2 is 2.12 bits per heavy atom. The van der Waals surface area contributed by atoms with Crippen LogP contribution in [0.5, 0.6) is 0 Å². The van der Waals surface area contributed by atoms with Gasteiger partial charge in [0.2, 0.25) is 0 Å². The zero-order valence-electron chi connectivity index (χ0n) is 10.5. The molecule has 0 radical (unpaired) electrons. The topological polar surface area (TPSA) is 55.6 Å². The SMILES string of the molecule is CSCCC(C)n1nnnc1CNC(C)C. The van der Waals surface area contributed by atoms with E-state index in [0.29, 0.717) is 12.1 Å². The van der Waals surface area contributed by atoms with Crippen LogP contribution in [0.15, 0.2) is 0 Å². The van der Waals surface area contributed by atoms with Crippen molar-refractivity contribution in [1.29, 1.82) is 0 Å². The van der Waals surface area contributed by atoms with Crippen molar-refractivity contribution >= 4 is 11.8 Å². The van der Waals surface area contributed by atoms with E-state index < -0.39 is 0 Å². The van der Waals surface area contributed by atoms with Crippen LogP contribution in [0.2, 0.25) is 0 Å². The van der Waals surface area contributed by atoms with Crippen molar-refractivity contribution in [2.75, 3.05) is 12.0 Å². The van der Waals surface area contributed by atoms with Gasteiger partial charge in [-0.25, -0.2) is 4.68 Å². The molecule has 0 saturated carbocycles. The lowest BCUT2D eigenvalue weighted by Crippen LogP contribution is -2.25. The van der Waals surface area contributed by atoms with E-state index in [1.807, 2.05) is 16.4 Å². The van der Waals surface area contributed by atoms with Crippen LogP contribution in [0.4, 0.5) is 0 Å². The fourth-order valence-corrected chi connectivity index (χ4v) is 1.95. The Hall–Kier alpha value is -0.620. The molecule has 0 fully saturated rings. The summed E-state index contributed by atoms with van der Waals surface area (Å²) in [5.41, 5.74) is 0. The summed E-state index contributed by atoms with van der Waals surface area (Å²) in [6.45, 7) is 7.12. The van der Waals surface area contributed by atoms with Gasteiger partial charge in [0.25, 0.3) is 0 Å². The Bertz CT molecular complexity index is 299. The van der Waals surface area contributed by atoms with Crippen molar-refractivity contribution in [3.05, 3.63) is 5.82 Å². The summed E-state index contributed by atoms with van der Waals surface area (Å²) < 4.78 is 1.92. The molecule has 0 aliphatic carbocycles. The summed E-state index contributed by atoms with van der Waals surface area (Å²) in [5.74, 6) is 2.06. The van der Waals surface area contributed by atoms with E-state index in [1.54, 1.807) is 0 Å². The molecule has 1 aromatic heterocycles. The Morgan fingerprint density at radius 1 is 1.38 bits per heavy atom. The molecule has 1 N–H and O–H groups in total. The lowest BCUT2D eigenvalue weighted by Gasteiger charge is -2.13. The van der Waals surface area contributed by atoms with Crippen molar-refractivity contribution < 1.29 is 0 Å². The third-order valence-electron chi connectivity index (χ3n) is 2.39. The zero-order chi connectivity index (χ0) is 12.0. The number of nitrogens with one attached hydrogen (secondary N) is 1. The summed E-state index contributed by atoms with van der Waals surface area (Å²) in [6, 6.07) is 0.818. The first-order valence-corrected chi connectivity index (χ1v) is 7.03. The quantitative estimate of drug-likeness (QED) is 0.786. The second-order valence-corrected chi connectivity index (χ2v) is 5.19. The molecule has 1 unspecified atom stereocenters. The lowest BCUT2D eigenvalue weighted by atomic mass is 10.2. The zero-order valence-corrected chi connectivity index (χ0v) is 11.3. The molecule has 0 saturated heterocycles. The van der Waals surface area contributed by atoms with Crippen LogP contribution in [0.1, 0.15) is 39.1 Å². The van der Waals surface area contributed by atoms with E-state index in [0.717, 1.165) is 24.5 Å². The van der Waals surface area contributed by atoms with E-state index in [1.165, 1.54) is 0 Å². The maximum Gasteiger partial charge on any atom is 0.165 e. The second kappa shape index (κ2) is 6.85. The van der Waals surface area contributed by atoms with Gasteiger partial charge in [-0.1, -0.05) is 13.8 Å². The Morgan fingerprint density at radius 3 is 2.75 bits per heavy atom. The number of rotatable bonds is 7. The van der Waals surface area contributed by atoms with Gasteiger partial charge in [0.15, 0.2) is 5.82 Å². The summed E-state index contributed by atoms with van der Waals surface area (Å²) in [6.07, 6.45) is 3.22. The minimum Gasteiger partial charge on any atom is -0.308 e. The first-order valence-electron chi connectivity index (χ1n) is 5.64. The number of tetrazole rings is 1. The third kappa shape index (κ3) is 4.09. The fraction of sp³-hybridized carbons (Fsp3) is 0.900. The number of aromatic nitrogens is 4. The predicted octanol–water partition coefficient (Wildman–Crippen LogP) is 1.49. The molecule has 6 heteroatoms. The highest BCUT2D eigenvalue weighted by Gasteiger charge is 2.12. The molecule has 0 amide bonds. The Balaban J connectivity index is 2.55. The average Bonchev–Trinajstić information content (AvgIpc) is 2.71. The van der Waals surface area contributed by atoms with E-state index in [4.69, 9.17) is 0 Å². The van der Waals surface area contributed by atoms with Crippen molar-refractivity contribution in [1.82, 2.24) is 25.5 Å². The van der Waals surface area contributed by atoms with Gasteiger partial charge in [0.1, 0.15) is 0 Å². The molecule has 1 aromatic rings. The smallest absolute Gasteiger partial charge is 0.165 e. The van der Waals surface area contributed by atoms with E-state index in [9.17, 15) is 0 Å². The van der Waals surface area contributed by atoms with Crippen LogP contribution in [-0.4, -0.2) is 38.3 Å². The molecular formula is C10H21N5S. The molecule has 0 aliphatic heterocycles. The van der Waals surface area contributed by atoms with E-state index in [-0.39, 0.29) is 0 Å². The highest BCUT2D eigenvalue weighted by molar-refractivity contribution is 7.98. The molecule has 0 aromatic carbocycles. The van der Waals surface area contributed by atoms with Crippen molar-refractivity contribution in [3.8, 4) is 0 Å². The van der Waals surface area contributed by atoms with Gasteiger partial charge >= 0.3 is 0 Å². The molecule has 16 heavy (non-hydrogen) atoms. The van der Waals surface area contributed by atoms with E-state index >= 15 is 0 Å². The van der Waals surface area contributed by atoms with Crippen molar-refractivity contribution in [2.45, 2.75) is 45.8 Å². The molecule has 1 atom stereocenters. The van der Waals surface area contributed by atoms with Gasteiger partial charge in [-0.2, -0.15) is 11.8 Å². The van der Waals surface area contributed by atoms with Crippen LogP contribution in [0, 0.1) is 0 Å². The molecule has 5 nitrogen and oxygen atoms in total. The molecule has 0 aliphatic rings. The number of thioether (sulfide) groups is 1. The Labute approximate surface area is 101 Å². The summed E-state index contributed by atoms with van der Waals surface area (Å²) >= 11 is 1.85. The van der Waals surface area contributed by atoms with Crippen LogP contribution in [-0.2, 0) is 6.54 Å². The van der Waals surface area contributed by atoms with Crippen LogP contribution >= 0.6 is 11.8 Å². The number of hydrogen-bond donors (Lipinski definition) is 1. The first kappa shape index (κ1) is 13.4. The highest BCUT2D eigenvalue weighted by atomic mass is 32.2. The maximum atomic E-state index is 4.05. The van der Waals surface area contributed by atoms with Crippen molar-refractivity contribution in [3.63, 3.8) is 0 Å². The summed E-state index contributed by atoms with van der Waals surface area (Å²) in [5, 5.41) is 15.2. The molecular weight excluding hydrogens is 222 g/mol. The second-order valence-electron chi connectivity index (χ2n) is 4.21. The van der Waals surface area contributed by atoms with Gasteiger partial charge in [-0.3, -0.25) is 0 Å². The minimum absolute atomic E-state index is 0.367. The van der Waals surface area contributed by atoms with Crippen LogP contribution in [0.3, 0.4) is 0 Å². The van der Waals surface area contributed by atoms with Gasteiger partial charge in [0, 0.05) is 6.04 Å². The monoisotopic (exact) mass is 243 g/mol. The normalized spacial score (nSPS) is 13.3. The van der Waals surface area contributed by atoms with Gasteiger partial charge < -0.3 is 5.32 Å².